The number of ether oxygens (including phenoxy) is 1. The van der Waals surface area contributed by atoms with Gasteiger partial charge in [-0.05, 0) is 48.0 Å². The van der Waals surface area contributed by atoms with Gasteiger partial charge in [0.25, 0.3) is 11.8 Å². The Bertz CT molecular complexity index is 1320. The third kappa shape index (κ3) is 5.18. The maximum atomic E-state index is 13.3. The molecule has 8 nitrogen and oxygen atoms in total. The van der Waals surface area contributed by atoms with E-state index in [1.54, 1.807) is 49.5 Å². The van der Waals surface area contributed by atoms with Crippen molar-refractivity contribution in [3.8, 4) is 21.9 Å². The second-order valence-electron chi connectivity index (χ2n) is 6.99. The van der Waals surface area contributed by atoms with Crippen molar-refractivity contribution in [1.82, 2.24) is 15.3 Å². The quantitative estimate of drug-likeness (QED) is 0.354. The van der Waals surface area contributed by atoms with Crippen LogP contribution < -0.4 is 20.7 Å². The van der Waals surface area contributed by atoms with Crippen molar-refractivity contribution in [2.75, 3.05) is 24.7 Å². The Kier molecular flexibility index (Phi) is 6.79. The summed E-state index contributed by atoms with van der Waals surface area (Å²) in [4.78, 5) is 33.7. The number of carbonyl (C=O) groups is 2. The van der Waals surface area contributed by atoms with Crippen LogP contribution in [0, 0.1) is 5.82 Å². The number of anilines is 2. The first-order valence-corrected chi connectivity index (χ1v) is 11.0. The summed E-state index contributed by atoms with van der Waals surface area (Å²) in [5, 5.41) is 8.85. The van der Waals surface area contributed by atoms with Crippen molar-refractivity contribution in [1.29, 1.82) is 0 Å². The second-order valence-corrected chi connectivity index (χ2v) is 7.99. The molecule has 0 bridgehead atoms. The molecule has 0 aliphatic rings. The molecule has 4 rings (SSSR count). The van der Waals surface area contributed by atoms with E-state index in [-0.39, 0.29) is 23.1 Å². The summed E-state index contributed by atoms with van der Waals surface area (Å²) >= 11 is 1.31. The highest BCUT2D eigenvalue weighted by Crippen LogP contribution is 2.33. The molecule has 2 aromatic carbocycles. The van der Waals surface area contributed by atoms with Gasteiger partial charge in [0.15, 0.2) is 5.13 Å². The van der Waals surface area contributed by atoms with E-state index in [0.717, 1.165) is 0 Å². The number of carbonyl (C=O) groups excluding carboxylic acids is 2. The summed E-state index contributed by atoms with van der Waals surface area (Å²) in [5.41, 5.74) is 1.72. The van der Waals surface area contributed by atoms with Crippen LogP contribution in [0.5, 0.6) is 11.5 Å². The largest absolute Gasteiger partial charge is 0.457 e. The second kappa shape index (κ2) is 10.1. The van der Waals surface area contributed by atoms with Gasteiger partial charge in [-0.2, -0.15) is 0 Å². The van der Waals surface area contributed by atoms with E-state index in [9.17, 15) is 14.0 Å². The number of thiazole rings is 1. The zero-order chi connectivity index (χ0) is 24.1. The highest BCUT2D eigenvalue weighted by Gasteiger charge is 2.20. The molecule has 0 aliphatic heterocycles. The van der Waals surface area contributed by atoms with Gasteiger partial charge >= 0.3 is 0 Å². The third-order valence-electron chi connectivity index (χ3n) is 4.70. The Morgan fingerprint density at radius 2 is 1.68 bits per heavy atom. The minimum absolute atomic E-state index is 0.236. The van der Waals surface area contributed by atoms with Crippen LogP contribution in [-0.4, -0.2) is 35.9 Å². The van der Waals surface area contributed by atoms with Crippen molar-refractivity contribution in [2.24, 2.45) is 0 Å². The standard InChI is InChI=1S/C24H20FN5O3S/c1-26-22(31)19-13-18(11-12-28-19)33-17-9-7-16(8-10-17)29-23(32)20-21(34-24(27-2)30-20)14-3-5-15(25)6-4-14/h3-13H,1-2H3,(H,26,31)(H,27,30)(H,29,32). The lowest BCUT2D eigenvalue weighted by atomic mass is 10.1. The molecule has 0 spiro atoms. The lowest BCUT2D eigenvalue weighted by Gasteiger charge is -2.09. The molecule has 2 amide bonds. The van der Waals surface area contributed by atoms with E-state index in [1.165, 1.54) is 42.8 Å². The number of pyridine rings is 1. The number of hydrogen-bond acceptors (Lipinski definition) is 7. The fourth-order valence-corrected chi connectivity index (χ4v) is 3.96. The zero-order valence-corrected chi connectivity index (χ0v) is 19.1. The fourth-order valence-electron chi connectivity index (χ4n) is 3.04. The molecule has 172 valence electrons. The summed E-state index contributed by atoms with van der Waals surface area (Å²) in [5.74, 6) is -0.0873. The molecule has 0 radical (unpaired) electrons. The van der Waals surface area contributed by atoms with E-state index in [1.807, 2.05) is 0 Å². The van der Waals surface area contributed by atoms with Gasteiger partial charge in [-0.15, -0.1) is 0 Å². The molecule has 0 saturated heterocycles. The normalized spacial score (nSPS) is 10.4. The minimum Gasteiger partial charge on any atom is -0.457 e. The van der Waals surface area contributed by atoms with Crippen molar-refractivity contribution in [3.63, 3.8) is 0 Å². The molecular weight excluding hydrogens is 457 g/mol. The predicted octanol–water partition coefficient (Wildman–Crippen LogP) is 4.79. The average Bonchev–Trinajstić information content (AvgIpc) is 3.30. The number of nitrogens with one attached hydrogen (secondary N) is 3. The molecule has 3 N–H and O–H groups in total. The first-order chi connectivity index (χ1) is 16.5. The molecule has 2 heterocycles. The number of nitrogens with zero attached hydrogens (tertiary/aromatic N) is 2. The van der Waals surface area contributed by atoms with Crippen LogP contribution in [-0.2, 0) is 0 Å². The zero-order valence-electron chi connectivity index (χ0n) is 18.3. The van der Waals surface area contributed by atoms with Gasteiger partial charge < -0.3 is 20.7 Å². The Morgan fingerprint density at radius 1 is 0.941 bits per heavy atom. The van der Waals surface area contributed by atoms with Crippen molar-refractivity contribution < 1.29 is 18.7 Å². The summed E-state index contributed by atoms with van der Waals surface area (Å²) in [6, 6.07) is 15.8. The van der Waals surface area contributed by atoms with E-state index in [2.05, 4.69) is 25.9 Å². The van der Waals surface area contributed by atoms with E-state index < -0.39 is 5.91 Å². The van der Waals surface area contributed by atoms with Gasteiger partial charge in [0.1, 0.15) is 28.7 Å². The van der Waals surface area contributed by atoms with Crippen LogP contribution in [0.15, 0.2) is 66.9 Å². The van der Waals surface area contributed by atoms with Crippen LogP contribution in [0.3, 0.4) is 0 Å². The molecule has 2 aromatic heterocycles. The van der Waals surface area contributed by atoms with Gasteiger partial charge in [0.05, 0.1) is 4.88 Å². The SMILES string of the molecule is CNC(=O)c1cc(Oc2ccc(NC(=O)c3nc(NC)sc3-c3ccc(F)cc3)cc2)ccn1. The van der Waals surface area contributed by atoms with Crippen LogP contribution in [0.1, 0.15) is 21.0 Å². The highest BCUT2D eigenvalue weighted by atomic mass is 32.1. The van der Waals surface area contributed by atoms with Crippen LogP contribution in [0.2, 0.25) is 0 Å². The molecule has 0 fully saturated rings. The topological polar surface area (TPSA) is 105 Å². The summed E-state index contributed by atoms with van der Waals surface area (Å²) in [7, 11) is 3.24. The number of benzene rings is 2. The molecule has 10 heteroatoms. The van der Waals surface area contributed by atoms with Gasteiger partial charge in [0.2, 0.25) is 0 Å². The third-order valence-corrected chi connectivity index (χ3v) is 5.82. The molecule has 0 aliphatic carbocycles. The summed E-state index contributed by atoms with van der Waals surface area (Å²) < 4.78 is 19.1. The molecule has 34 heavy (non-hydrogen) atoms. The number of halogens is 1. The molecule has 4 aromatic rings. The maximum absolute atomic E-state index is 13.3. The van der Waals surface area contributed by atoms with Gasteiger partial charge in [-0.3, -0.25) is 14.6 Å². The Labute approximate surface area is 198 Å². The van der Waals surface area contributed by atoms with Crippen molar-refractivity contribution >= 4 is 34.0 Å². The number of amides is 2. The van der Waals surface area contributed by atoms with Crippen LogP contribution >= 0.6 is 11.3 Å². The lowest BCUT2D eigenvalue weighted by Crippen LogP contribution is -2.18. The van der Waals surface area contributed by atoms with Crippen LogP contribution in [0.25, 0.3) is 10.4 Å². The lowest BCUT2D eigenvalue weighted by molar-refractivity contribution is 0.0957. The minimum atomic E-state index is -0.393. The van der Waals surface area contributed by atoms with E-state index in [4.69, 9.17) is 4.74 Å². The van der Waals surface area contributed by atoms with Crippen molar-refractivity contribution in [2.45, 2.75) is 0 Å². The van der Waals surface area contributed by atoms with Crippen LogP contribution in [0.4, 0.5) is 15.2 Å². The summed E-state index contributed by atoms with van der Waals surface area (Å²) in [6.45, 7) is 0. The molecule has 0 saturated carbocycles. The van der Waals surface area contributed by atoms with Gasteiger partial charge in [-0.1, -0.05) is 23.5 Å². The van der Waals surface area contributed by atoms with E-state index >= 15 is 0 Å². The summed E-state index contributed by atoms with van der Waals surface area (Å²) in [6.07, 6.45) is 1.49. The van der Waals surface area contributed by atoms with E-state index in [0.29, 0.717) is 32.8 Å². The number of hydrogen-bond donors (Lipinski definition) is 3. The maximum Gasteiger partial charge on any atom is 0.275 e. The average molecular weight is 478 g/mol. The number of rotatable bonds is 7. The van der Waals surface area contributed by atoms with Crippen molar-refractivity contribution in [3.05, 3.63) is 84.1 Å². The molecular formula is C24H20FN5O3S. The van der Waals surface area contributed by atoms with Gasteiger partial charge in [-0.25, -0.2) is 9.37 Å². The molecule has 0 atom stereocenters. The smallest absolute Gasteiger partial charge is 0.275 e. The number of aromatic nitrogens is 2. The highest BCUT2D eigenvalue weighted by molar-refractivity contribution is 7.19. The predicted molar refractivity (Wildman–Crippen MR) is 129 cm³/mol. The Balaban J connectivity index is 1.49. The van der Waals surface area contributed by atoms with Gasteiger partial charge in [0, 0.05) is 32.0 Å². The molecule has 0 unspecified atom stereocenters. The Morgan fingerprint density at radius 3 is 2.35 bits per heavy atom. The monoisotopic (exact) mass is 477 g/mol. The fraction of sp³-hybridized carbons (Fsp3) is 0.0833. The first kappa shape index (κ1) is 22.9. The first-order valence-electron chi connectivity index (χ1n) is 10.2. The Hall–Kier alpha value is -4.31.